The van der Waals surface area contributed by atoms with Crippen LogP contribution in [0.2, 0.25) is 0 Å². The van der Waals surface area contributed by atoms with Crippen molar-refractivity contribution in [1.82, 2.24) is 0 Å². The molecule has 0 bridgehead atoms. The minimum atomic E-state index is -0.0651. The molecule has 19 heavy (non-hydrogen) atoms. The van der Waals surface area contributed by atoms with E-state index < -0.39 is 0 Å². The molecule has 0 radical (unpaired) electrons. The number of hydrogen-bond acceptors (Lipinski definition) is 2. The van der Waals surface area contributed by atoms with Gasteiger partial charge in [-0.3, -0.25) is 4.79 Å². The zero-order valence-electron chi connectivity index (χ0n) is 10.9. The number of anilines is 1. The van der Waals surface area contributed by atoms with Gasteiger partial charge in [-0.05, 0) is 43.3 Å². The number of carbonyl (C=O) groups is 1. The third-order valence-corrected chi connectivity index (χ3v) is 2.99. The van der Waals surface area contributed by atoms with Gasteiger partial charge in [-0.15, -0.1) is 0 Å². The molecule has 0 aliphatic heterocycles. The lowest BCUT2D eigenvalue weighted by molar-refractivity contribution is 0.0993. The minimum Gasteiger partial charge on any atom is -0.311 e. The second-order valence-corrected chi connectivity index (χ2v) is 4.39. The fourth-order valence-electron chi connectivity index (χ4n) is 1.77. The van der Waals surface area contributed by atoms with E-state index in [9.17, 15) is 4.79 Å². The molecular weight excluding hydrogens is 236 g/mol. The average Bonchev–Trinajstić information content (AvgIpc) is 2.46. The first-order valence-electron chi connectivity index (χ1n) is 5.96. The van der Waals surface area contributed by atoms with Crippen molar-refractivity contribution in [3.63, 3.8) is 0 Å². The molecule has 0 unspecified atom stereocenters. The molecule has 94 valence electrons. The summed E-state index contributed by atoms with van der Waals surface area (Å²) in [5, 5.41) is 8.75. The van der Waals surface area contributed by atoms with Gasteiger partial charge in [0, 0.05) is 18.3 Å². The predicted octanol–water partition coefficient (Wildman–Crippen LogP) is 3.14. The minimum absolute atomic E-state index is 0.0651. The number of carbonyl (C=O) groups excluding carboxylic acids is 1. The first-order chi connectivity index (χ1) is 9.11. The van der Waals surface area contributed by atoms with Gasteiger partial charge in [-0.25, -0.2) is 0 Å². The Hall–Kier alpha value is -2.60. The van der Waals surface area contributed by atoms with Crippen molar-refractivity contribution in [2.75, 3.05) is 11.9 Å². The molecule has 2 aromatic rings. The van der Waals surface area contributed by atoms with Gasteiger partial charge in [0.15, 0.2) is 0 Å². The van der Waals surface area contributed by atoms with Crippen LogP contribution in [-0.4, -0.2) is 13.0 Å². The molecule has 0 spiro atoms. The van der Waals surface area contributed by atoms with E-state index >= 15 is 0 Å². The van der Waals surface area contributed by atoms with Crippen LogP contribution in [0.4, 0.5) is 5.69 Å². The third-order valence-electron chi connectivity index (χ3n) is 2.99. The van der Waals surface area contributed by atoms with Crippen molar-refractivity contribution < 1.29 is 4.79 Å². The Balaban J connectivity index is 2.23. The fraction of sp³-hybridized carbons (Fsp3) is 0.125. The summed E-state index contributed by atoms with van der Waals surface area (Å²) in [6, 6.07) is 16.5. The van der Waals surface area contributed by atoms with Crippen molar-refractivity contribution in [3.05, 3.63) is 65.2 Å². The number of aryl methyl sites for hydroxylation is 1. The molecule has 3 nitrogen and oxygen atoms in total. The molecule has 0 saturated heterocycles. The number of rotatable bonds is 2. The van der Waals surface area contributed by atoms with E-state index in [0.717, 1.165) is 11.3 Å². The van der Waals surface area contributed by atoms with Crippen LogP contribution in [0.3, 0.4) is 0 Å². The highest BCUT2D eigenvalue weighted by atomic mass is 16.2. The maximum absolute atomic E-state index is 12.3. The fourth-order valence-corrected chi connectivity index (χ4v) is 1.77. The summed E-state index contributed by atoms with van der Waals surface area (Å²) in [5.41, 5.74) is 3.12. The molecule has 0 atom stereocenters. The molecular formula is C16H14N2O. The molecule has 3 heteroatoms. The number of benzene rings is 2. The van der Waals surface area contributed by atoms with Crippen LogP contribution in [0.25, 0.3) is 0 Å². The molecule has 0 heterocycles. The zero-order chi connectivity index (χ0) is 13.8. The van der Waals surface area contributed by atoms with Crippen molar-refractivity contribution in [2.24, 2.45) is 0 Å². The van der Waals surface area contributed by atoms with E-state index in [2.05, 4.69) is 6.07 Å². The summed E-state index contributed by atoms with van der Waals surface area (Å²) in [6.45, 7) is 1.98. The topological polar surface area (TPSA) is 44.1 Å². The van der Waals surface area contributed by atoms with Crippen LogP contribution in [-0.2, 0) is 0 Å². The van der Waals surface area contributed by atoms with E-state index in [4.69, 9.17) is 5.26 Å². The van der Waals surface area contributed by atoms with E-state index in [1.807, 2.05) is 31.2 Å². The highest BCUT2D eigenvalue weighted by molar-refractivity contribution is 6.05. The molecule has 0 aliphatic rings. The van der Waals surface area contributed by atoms with Gasteiger partial charge in [-0.1, -0.05) is 17.7 Å². The van der Waals surface area contributed by atoms with Crippen molar-refractivity contribution in [3.8, 4) is 6.07 Å². The second-order valence-electron chi connectivity index (χ2n) is 4.39. The molecule has 0 saturated carbocycles. The summed E-state index contributed by atoms with van der Waals surface area (Å²) >= 11 is 0. The van der Waals surface area contributed by atoms with E-state index in [1.165, 1.54) is 0 Å². The Morgan fingerprint density at radius 3 is 2.16 bits per heavy atom. The Morgan fingerprint density at radius 2 is 1.63 bits per heavy atom. The Bertz CT molecular complexity index is 621. The van der Waals surface area contributed by atoms with Crippen molar-refractivity contribution >= 4 is 11.6 Å². The standard InChI is InChI=1S/C16H14N2O/c1-12-3-7-14(8-4-12)16(19)18(2)15-9-5-13(11-17)6-10-15/h3-10H,1-2H3. The zero-order valence-corrected chi connectivity index (χ0v) is 10.9. The molecule has 0 aromatic heterocycles. The largest absolute Gasteiger partial charge is 0.311 e. The Kier molecular flexibility index (Phi) is 3.63. The maximum Gasteiger partial charge on any atom is 0.258 e. The third kappa shape index (κ3) is 2.80. The lowest BCUT2D eigenvalue weighted by Crippen LogP contribution is -2.26. The lowest BCUT2D eigenvalue weighted by atomic mass is 10.1. The number of nitriles is 1. The SMILES string of the molecule is Cc1ccc(C(=O)N(C)c2ccc(C#N)cc2)cc1. The van der Waals surface area contributed by atoms with Gasteiger partial charge in [0.25, 0.3) is 5.91 Å². The average molecular weight is 250 g/mol. The van der Waals surface area contributed by atoms with Crippen molar-refractivity contribution in [1.29, 1.82) is 5.26 Å². The predicted molar refractivity (Wildman–Crippen MR) is 75.1 cm³/mol. The first-order valence-corrected chi connectivity index (χ1v) is 5.96. The number of hydrogen-bond donors (Lipinski definition) is 0. The summed E-state index contributed by atoms with van der Waals surface area (Å²) < 4.78 is 0. The smallest absolute Gasteiger partial charge is 0.258 e. The normalized spacial score (nSPS) is 9.74. The van der Waals surface area contributed by atoms with Crippen LogP contribution in [0.1, 0.15) is 21.5 Å². The first kappa shape index (κ1) is 12.8. The summed E-state index contributed by atoms with van der Waals surface area (Å²) in [4.78, 5) is 13.8. The second kappa shape index (κ2) is 5.36. The lowest BCUT2D eigenvalue weighted by Gasteiger charge is -2.17. The van der Waals surface area contributed by atoms with E-state index in [-0.39, 0.29) is 5.91 Å². The van der Waals surface area contributed by atoms with Gasteiger partial charge < -0.3 is 4.90 Å². The molecule has 0 fully saturated rings. The van der Waals surface area contributed by atoms with Crippen molar-refractivity contribution in [2.45, 2.75) is 6.92 Å². The van der Waals surface area contributed by atoms with Gasteiger partial charge in [0.05, 0.1) is 11.6 Å². The molecule has 0 aliphatic carbocycles. The Morgan fingerprint density at radius 1 is 1.05 bits per heavy atom. The van der Waals surface area contributed by atoms with Gasteiger partial charge >= 0.3 is 0 Å². The van der Waals surface area contributed by atoms with Crippen LogP contribution >= 0.6 is 0 Å². The van der Waals surface area contributed by atoms with Gasteiger partial charge in [-0.2, -0.15) is 5.26 Å². The summed E-state index contributed by atoms with van der Waals surface area (Å²) in [6.07, 6.45) is 0. The quantitative estimate of drug-likeness (QED) is 0.821. The molecule has 2 aromatic carbocycles. The summed E-state index contributed by atoms with van der Waals surface area (Å²) in [5.74, 6) is -0.0651. The number of nitrogens with zero attached hydrogens (tertiary/aromatic N) is 2. The summed E-state index contributed by atoms with van der Waals surface area (Å²) in [7, 11) is 1.73. The molecule has 1 amide bonds. The monoisotopic (exact) mass is 250 g/mol. The van der Waals surface area contributed by atoms with Crippen LogP contribution in [0.5, 0.6) is 0 Å². The van der Waals surface area contributed by atoms with Crippen LogP contribution in [0, 0.1) is 18.3 Å². The van der Waals surface area contributed by atoms with Gasteiger partial charge in [0.2, 0.25) is 0 Å². The molecule has 0 N–H and O–H groups in total. The van der Waals surface area contributed by atoms with E-state index in [0.29, 0.717) is 11.1 Å². The highest BCUT2D eigenvalue weighted by Gasteiger charge is 2.12. The maximum atomic E-state index is 12.3. The molecule has 2 rings (SSSR count). The van der Waals surface area contributed by atoms with Crippen LogP contribution in [0.15, 0.2) is 48.5 Å². The van der Waals surface area contributed by atoms with Gasteiger partial charge in [0.1, 0.15) is 0 Å². The van der Waals surface area contributed by atoms with Crippen LogP contribution < -0.4 is 4.90 Å². The Labute approximate surface area is 112 Å². The number of amides is 1. The van der Waals surface area contributed by atoms with E-state index in [1.54, 1.807) is 36.2 Å². The highest BCUT2D eigenvalue weighted by Crippen LogP contribution is 2.16.